The molecular weight excluding hydrogens is 327 g/mol. The number of hydrogen-bond donors (Lipinski definition) is 1. The first-order valence-corrected chi connectivity index (χ1v) is 6.36. The van der Waals surface area contributed by atoms with Gasteiger partial charge in [0.2, 0.25) is 0 Å². The van der Waals surface area contributed by atoms with E-state index in [1.54, 1.807) is 20.8 Å². The lowest BCUT2D eigenvalue weighted by Crippen LogP contribution is -2.27. The first kappa shape index (κ1) is 14.0. The lowest BCUT2D eigenvalue weighted by Gasteiger charge is -2.19. The van der Waals surface area contributed by atoms with Gasteiger partial charge in [-0.15, -0.1) is 0 Å². The fourth-order valence-corrected chi connectivity index (χ4v) is 1.96. The van der Waals surface area contributed by atoms with Gasteiger partial charge in [-0.3, -0.25) is 0 Å². The molecule has 0 amide bonds. The molecule has 5 nitrogen and oxygen atoms in total. The van der Waals surface area contributed by atoms with Crippen molar-refractivity contribution in [1.82, 2.24) is 0 Å². The largest absolute Gasteiger partial charge is 0.508 e. The van der Waals surface area contributed by atoms with E-state index in [0.717, 1.165) is 0 Å². The molecule has 6 heteroatoms. The maximum atomic E-state index is 11.2. The Morgan fingerprint density at radius 2 is 2.19 bits per heavy atom. The smallest absolute Gasteiger partial charge is 0.432 e. The minimum absolute atomic E-state index is 0.117. The molecule has 1 aliphatic heterocycles. The first-order chi connectivity index (χ1) is 7.28. The molecule has 0 aromatic heterocycles. The quantitative estimate of drug-likeness (QED) is 0.471. The molecule has 0 bridgehead atoms. The first-order valence-electron chi connectivity index (χ1n) is 5.11. The van der Waals surface area contributed by atoms with Crippen LogP contribution in [0.25, 0.3) is 0 Å². The van der Waals surface area contributed by atoms with E-state index in [0.29, 0.717) is 6.42 Å². The molecule has 1 rings (SSSR count). The average Bonchev–Trinajstić information content (AvgIpc) is 2.40. The van der Waals surface area contributed by atoms with Crippen molar-refractivity contribution in [3.63, 3.8) is 0 Å². The minimum Gasteiger partial charge on any atom is -0.432 e. The zero-order chi connectivity index (χ0) is 12.3. The summed E-state index contributed by atoms with van der Waals surface area (Å²) in [6, 6.07) is 0. The number of rotatable bonds is 2. The van der Waals surface area contributed by atoms with Crippen molar-refractivity contribution >= 4 is 28.7 Å². The molecule has 3 atom stereocenters. The molecule has 16 heavy (non-hydrogen) atoms. The van der Waals surface area contributed by atoms with E-state index in [4.69, 9.17) is 14.2 Å². The van der Waals surface area contributed by atoms with Gasteiger partial charge in [-0.05, 0) is 43.4 Å². The van der Waals surface area contributed by atoms with Crippen molar-refractivity contribution in [3.8, 4) is 0 Å². The van der Waals surface area contributed by atoms with Crippen LogP contribution in [0.2, 0.25) is 0 Å². The van der Waals surface area contributed by atoms with E-state index >= 15 is 0 Å². The van der Waals surface area contributed by atoms with Crippen LogP contribution < -0.4 is 0 Å². The number of hydrogen-bond acceptors (Lipinski definition) is 5. The standard InChI is InChI=1S/C10H17IO5/c1-10(2,3)16-9(13)14-5-6-4-7(12)8(11)15-6/h6-8,12H,4-5H2,1-3H3. The summed E-state index contributed by atoms with van der Waals surface area (Å²) in [6.07, 6.45) is -0.962. The van der Waals surface area contributed by atoms with Crippen LogP contribution >= 0.6 is 22.6 Å². The third-order valence-corrected chi connectivity index (χ3v) is 3.03. The monoisotopic (exact) mass is 344 g/mol. The highest BCUT2D eigenvalue weighted by molar-refractivity contribution is 14.1. The van der Waals surface area contributed by atoms with Gasteiger partial charge in [0.05, 0.1) is 12.2 Å². The molecule has 0 spiro atoms. The van der Waals surface area contributed by atoms with Crippen LogP contribution in [0.3, 0.4) is 0 Å². The molecule has 0 aliphatic carbocycles. The Balaban J connectivity index is 2.23. The number of carbonyl (C=O) groups is 1. The molecule has 0 radical (unpaired) electrons. The lowest BCUT2D eigenvalue weighted by atomic mass is 10.2. The summed E-state index contributed by atoms with van der Waals surface area (Å²) in [7, 11) is 0. The van der Waals surface area contributed by atoms with Gasteiger partial charge in [-0.2, -0.15) is 0 Å². The second-order valence-electron chi connectivity index (χ2n) is 4.69. The number of aliphatic hydroxyl groups excluding tert-OH is 1. The van der Waals surface area contributed by atoms with Crippen LogP contribution in [0.5, 0.6) is 0 Å². The van der Waals surface area contributed by atoms with Gasteiger partial charge in [-0.25, -0.2) is 4.79 Å². The highest BCUT2D eigenvalue weighted by Gasteiger charge is 2.33. The summed E-state index contributed by atoms with van der Waals surface area (Å²) in [5.74, 6) is 0. The van der Waals surface area contributed by atoms with Gasteiger partial charge < -0.3 is 19.3 Å². The summed E-state index contributed by atoms with van der Waals surface area (Å²) in [5.41, 5.74) is -0.557. The van der Waals surface area contributed by atoms with E-state index in [1.165, 1.54) is 0 Å². The fraction of sp³-hybridized carbons (Fsp3) is 0.900. The van der Waals surface area contributed by atoms with Crippen LogP contribution in [0.4, 0.5) is 4.79 Å². The van der Waals surface area contributed by atoms with Crippen LogP contribution in [-0.4, -0.2) is 39.8 Å². The summed E-state index contributed by atoms with van der Waals surface area (Å²) < 4.78 is 15.0. The van der Waals surface area contributed by atoms with Crippen molar-refractivity contribution in [1.29, 1.82) is 0 Å². The number of aliphatic hydroxyl groups is 1. The Bertz CT molecular complexity index is 240. The molecular formula is C10H17IO5. The summed E-state index contributed by atoms with van der Waals surface area (Å²) in [6.45, 7) is 5.42. The third kappa shape index (κ3) is 4.84. The lowest BCUT2D eigenvalue weighted by molar-refractivity contribution is -0.0306. The molecule has 0 aromatic rings. The van der Waals surface area contributed by atoms with Crippen LogP contribution in [-0.2, 0) is 14.2 Å². The van der Waals surface area contributed by atoms with Crippen molar-refractivity contribution in [2.45, 2.75) is 49.1 Å². The minimum atomic E-state index is -0.706. The molecule has 3 unspecified atom stereocenters. The molecule has 1 N–H and O–H groups in total. The zero-order valence-corrected chi connectivity index (χ0v) is 11.8. The predicted octanol–water partition coefficient (Wildman–Crippen LogP) is 1.85. The third-order valence-electron chi connectivity index (χ3n) is 1.91. The van der Waals surface area contributed by atoms with Crippen LogP contribution in [0.15, 0.2) is 0 Å². The Labute approximate surface area is 109 Å². The fourth-order valence-electron chi connectivity index (χ4n) is 1.25. The molecule has 0 aromatic carbocycles. The maximum absolute atomic E-state index is 11.2. The van der Waals surface area contributed by atoms with Gasteiger partial charge in [0.25, 0.3) is 0 Å². The van der Waals surface area contributed by atoms with E-state index in [1.807, 2.05) is 22.6 Å². The second-order valence-corrected chi connectivity index (χ2v) is 5.92. The Hall–Kier alpha value is -0.0800. The van der Waals surface area contributed by atoms with E-state index in [2.05, 4.69) is 0 Å². The topological polar surface area (TPSA) is 65.0 Å². The Morgan fingerprint density at radius 1 is 1.56 bits per heavy atom. The van der Waals surface area contributed by atoms with E-state index < -0.39 is 17.9 Å². The number of carbonyl (C=O) groups excluding carboxylic acids is 1. The highest BCUT2D eigenvalue weighted by atomic mass is 127. The van der Waals surface area contributed by atoms with Gasteiger partial charge in [-0.1, -0.05) is 0 Å². The molecule has 0 saturated carbocycles. The molecule has 94 valence electrons. The van der Waals surface area contributed by atoms with Crippen LogP contribution in [0, 0.1) is 0 Å². The predicted molar refractivity (Wildman–Crippen MR) is 65.5 cm³/mol. The van der Waals surface area contributed by atoms with Crippen molar-refractivity contribution in [2.75, 3.05) is 6.61 Å². The van der Waals surface area contributed by atoms with Gasteiger partial charge in [0.15, 0.2) is 0 Å². The van der Waals surface area contributed by atoms with Crippen molar-refractivity contribution < 1.29 is 24.1 Å². The second kappa shape index (κ2) is 5.50. The van der Waals surface area contributed by atoms with Crippen molar-refractivity contribution in [3.05, 3.63) is 0 Å². The van der Waals surface area contributed by atoms with Crippen molar-refractivity contribution in [2.24, 2.45) is 0 Å². The Kier molecular flexibility index (Phi) is 4.81. The summed E-state index contributed by atoms with van der Waals surface area (Å²) in [4.78, 5) is 11.2. The molecule has 1 aliphatic rings. The Morgan fingerprint density at radius 3 is 2.62 bits per heavy atom. The molecule has 1 heterocycles. The average molecular weight is 344 g/mol. The van der Waals surface area contributed by atoms with Gasteiger partial charge in [0, 0.05) is 6.42 Å². The molecule has 1 fully saturated rings. The van der Waals surface area contributed by atoms with Crippen LogP contribution in [0.1, 0.15) is 27.2 Å². The highest BCUT2D eigenvalue weighted by Crippen LogP contribution is 2.25. The number of ether oxygens (including phenoxy) is 3. The normalized spacial score (nSPS) is 30.2. The van der Waals surface area contributed by atoms with Gasteiger partial charge >= 0.3 is 6.16 Å². The number of alkyl halides is 1. The summed E-state index contributed by atoms with van der Waals surface area (Å²) in [5, 5.41) is 9.42. The number of halogens is 1. The van der Waals surface area contributed by atoms with E-state index in [9.17, 15) is 9.90 Å². The molecule has 1 saturated heterocycles. The summed E-state index contributed by atoms with van der Waals surface area (Å²) >= 11 is 2.01. The maximum Gasteiger partial charge on any atom is 0.508 e. The van der Waals surface area contributed by atoms with Gasteiger partial charge in [0.1, 0.15) is 16.3 Å². The SMILES string of the molecule is CC(C)(C)OC(=O)OCC1CC(O)C(I)O1. The van der Waals surface area contributed by atoms with E-state index in [-0.39, 0.29) is 16.8 Å². The zero-order valence-electron chi connectivity index (χ0n) is 9.60.